The fraction of sp³-hybridized carbons (Fsp3) is 0.111. The minimum Gasteiger partial charge on any atom is -0.365 e. The first-order chi connectivity index (χ1) is 12.9. The van der Waals surface area contributed by atoms with E-state index in [0.29, 0.717) is 22.8 Å². The maximum atomic E-state index is 12.0. The first-order valence-corrected chi connectivity index (χ1v) is 9.86. The van der Waals surface area contributed by atoms with Gasteiger partial charge in [-0.15, -0.1) is 0 Å². The highest BCUT2D eigenvalue weighted by Crippen LogP contribution is 2.29. The topological polar surface area (TPSA) is 130 Å². The molecule has 0 aliphatic heterocycles. The summed E-state index contributed by atoms with van der Waals surface area (Å²) >= 11 is 0. The maximum absolute atomic E-state index is 12.0. The van der Waals surface area contributed by atoms with Gasteiger partial charge in [0.1, 0.15) is 5.56 Å². The lowest BCUT2D eigenvalue weighted by Crippen LogP contribution is -2.14. The van der Waals surface area contributed by atoms with Crippen LogP contribution in [0, 0.1) is 0 Å². The van der Waals surface area contributed by atoms with Gasteiger partial charge >= 0.3 is 0 Å². The van der Waals surface area contributed by atoms with Crippen LogP contribution in [0.2, 0.25) is 0 Å². The van der Waals surface area contributed by atoms with Gasteiger partial charge in [-0.1, -0.05) is 30.3 Å². The average Bonchev–Trinajstić information content (AvgIpc) is 3.07. The minimum absolute atomic E-state index is 0.0182. The Balaban J connectivity index is 1.91. The van der Waals surface area contributed by atoms with Gasteiger partial charge in [-0.2, -0.15) is 5.10 Å². The number of hydrogen-bond acceptors (Lipinski definition) is 5. The Kier molecular flexibility index (Phi) is 5.13. The van der Waals surface area contributed by atoms with Crippen molar-refractivity contribution in [3.05, 3.63) is 60.2 Å². The predicted molar refractivity (Wildman–Crippen MR) is 105 cm³/mol. The van der Waals surface area contributed by atoms with E-state index < -0.39 is 15.9 Å². The smallest absolute Gasteiger partial charge is 0.254 e. The third-order valence-corrected chi connectivity index (χ3v) is 5.18. The lowest BCUT2D eigenvalue weighted by Gasteiger charge is -2.08. The second-order valence-corrected chi connectivity index (χ2v) is 7.77. The van der Waals surface area contributed by atoms with Crippen molar-refractivity contribution in [3.63, 3.8) is 0 Å². The number of primary amides is 1. The van der Waals surface area contributed by atoms with E-state index in [2.05, 4.69) is 20.2 Å². The Morgan fingerprint density at radius 2 is 1.74 bits per heavy atom. The monoisotopic (exact) mass is 385 g/mol. The van der Waals surface area contributed by atoms with Gasteiger partial charge in [-0.3, -0.25) is 14.6 Å². The van der Waals surface area contributed by atoms with Crippen molar-refractivity contribution in [2.24, 2.45) is 5.73 Å². The Bertz CT molecular complexity index is 1040. The largest absolute Gasteiger partial charge is 0.365 e. The van der Waals surface area contributed by atoms with E-state index in [1.165, 1.54) is 0 Å². The molecule has 1 amide bonds. The van der Waals surface area contributed by atoms with Gasteiger partial charge in [0.05, 0.1) is 11.4 Å². The van der Waals surface area contributed by atoms with Gasteiger partial charge in [0.15, 0.2) is 5.82 Å². The third-order valence-electron chi connectivity index (χ3n) is 3.88. The molecule has 0 saturated heterocycles. The zero-order valence-electron chi connectivity index (χ0n) is 14.6. The molecule has 0 unspecified atom stereocenters. The van der Waals surface area contributed by atoms with Crippen LogP contribution in [-0.2, 0) is 10.0 Å². The summed E-state index contributed by atoms with van der Waals surface area (Å²) in [4.78, 5) is 12.0. The molecule has 1 aromatic heterocycles. The number of H-pyrrole nitrogens is 1. The average molecular weight is 385 g/mol. The lowest BCUT2D eigenvalue weighted by molar-refractivity contribution is 0.100. The molecular weight excluding hydrogens is 366 g/mol. The van der Waals surface area contributed by atoms with Crippen molar-refractivity contribution in [1.29, 1.82) is 0 Å². The number of amides is 1. The highest BCUT2D eigenvalue weighted by Gasteiger charge is 2.20. The van der Waals surface area contributed by atoms with Crippen molar-refractivity contribution in [3.8, 4) is 11.3 Å². The fourth-order valence-corrected chi connectivity index (χ4v) is 3.14. The van der Waals surface area contributed by atoms with Crippen molar-refractivity contribution in [2.75, 3.05) is 15.8 Å². The Morgan fingerprint density at radius 1 is 1.07 bits per heavy atom. The number of aromatic nitrogens is 2. The Labute approximate surface area is 156 Å². The minimum atomic E-state index is -3.36. The molecule has 2 aromatic carbocycles. The zero-order chi connectivity index (χ0) is 19.4. The summed E-state index contributed by atoms with van der Waals surface area (Å²) < 4.78 is 25.8. The molecule has 27 heavy (non-hydrogen) atoms. The van der Waals surface area contributed by atoms with Crippen molar-refractivity contribution >= 4 is 33.1 Å². The molecule has 0 aliphatic carbocycles. The molecule has 0 fully saturated rings. The molecule has 3 aromatic rings. The van der Waals surface area contributed by atoms with E-state index >= 15 is 0 Å². The van der Waals surface area contributed by atoms with Crippen LogP contribution in [-0.4, -0.2) is 30.3 Å². The number of carbonyl (C=O) groups is 1. The normalized spacial score (nSPS) is 11.1. The molecule has 5 N–H and O–H groups in total. The van der Waals surface area contributed by atoms with E-state index in [1.54, 1.807) is 31.2 Å². The summed E-state index contributed by atoms with van der Waals surface area (Å²) in [6.45, 7) is 1.56. The molecule has 0 aliphatic rings. The molecule has 0 spiro atoms. The summed E-state index contributed by atoms with van der Waals surface area (Å²) in [5.74, 6) is -0.331. The number of nitrogens with zero attached hydrogens (tertiary/aromatic N) is 1. The molecule has 8 nitrogen and oxygen atoms in total. The number of rotatable bonds is 7. The van der Waals surface area contributed by atoms with Crippen LogP contribution in [0.3, 0.4) is 0 Å². The molecule has 0 saturated carbocycles. The van der Waals surface area contributed by atoms with Gasteiger partial charge in [0.25, 0.3) is 5.91 Å². The SMILES string of the molecule is CCS(=O)(=O)Nc1ccc(-c2[nH]nc(Nc3ccccc3)c2C(N)=O)cc1. The molecule has 1 heterocycles. The molecule has 3 rings (SSSR count). The van der Waals surface area contributed by atoms with E-state index in [4.69, 9.17) is 5.73 Å². The fourth-order valence-electron chi connectivity index (χ4n) is 2.50. The quantitative estimate of drug-likeness (QED) is 0.497. The molecular formula is C18H19N5O3S. The highest BCUT2D eigenvalue weighted by atomic mass is 32.2. The first-order valence-electron chi connectivity index (χ1n) is 8.21. The van der Waals surface area contributed by atoms with Gasteiger partial charge in [0, 0.05) is 16.9 Å². The van der Waals surface area contributed by atoms with Gasteiger partial charge in [-0.25, -0.2) is 8.42 Å². The number of anilines is 3. The standard InChI is InChI=1S/C18H19N5O3S/c1-2-27(25,26)23-14-10-8-12(9-11-14)16-15(17(19)24)18(22-21-16)20-13-6-4-3-5-7-13/h3-11,23H,2H2,1H3,(H2,19,24)(H2,20,21,22). The lowest BCUT2D eigenvalue weighted by atomic mass is 10.1. The van der Waals surface area contributed by atoms with E-state index in [0.717, 1.165) is 5.69 Å². The Hall–Kier alpha value is -3.33. The second-order valence-electron chi connectivity index (χ2n) is 5.76. The second kappa shape index (κ2) is 7.50. The maximum Gasteiger partial charge on any atom is 0.254 e. The summed E-state index contributed by atoms with van der Waals surface area (Å²) in [7, 11) is -3.36. The highest BCUT2D eigenvalue weighted by molar-refractivity contribution is 7.92. The van der Waals surface area contributed by atoms with Crippen LogP contribution in [0.15, 0.2) is 54.6 Å². The van der Waals surface area contributed by atoms with E-state index in [-0.39, 0.29) is 11.3 Å². The van der Waals surface area contributed by atoms with Crippen LogP contribution in [0.4, 0.5) is 17.2 Å². The number of carbonyl (C=O) groups excluding carboxylic acids is 1. The predicted octanol–water partition coefficient (Wildman–Crippen LogP) is 2.68. The number of benzene rings is 2. The molecule has 0 radical (unpaired) electrons. The first kappa shape index (κ1) is 18.5. The molecule has 140 valence electrons. The number of nitrogens with one attached hydrogen (secondary N) is 3. The summed E-state index contributed by atoms with van der Waals surface area (Å²) in [5.41, 5.74) is 8.07. The number of para-hydroxylation sites is 1. The summed E-state index contributed by atoms with van der Waals surface area (Å²) in [5, 5.41) is 10.0. The van der Waals surface area contributed by atoms with Gasteiger partial charge < -0.3 is 11.1 Å². The van der Waals surface area contributed by atoms with E-state index in [1.807, 2.05) is 30.3 Å². The number of hydrogen-bond donors (Lipinski definition) is 4. The number of sulfonamides is 1. The van der Waals surface area contributed by atoms with Gasteiger partial charge in [-0.05, 0) is 31.2 Å². The molecule has 0 atom stereocenters. The van der Waals surface area contributed by atoms with E-state index in [9.17, 15) is 13.2 Å². The van der Waals surface area contributed by atoms with Crippen LogP contribution in [0.1, 0.15) is 17.3 Å². The van der Waals surface area contributed by atoms with Crippen molar-refractivity contribution < 1.29 is 13.2 Å². The van der Waals surface area contributed by atoms with Crippen LogP contribution >= 0.6 is 0 Å². The van der Waals surface area contributed by atoms with Crippen LogP contribution in [0.5, 0.6) is 0 Å². The van der Waals surface area contributed by atoms with Crippen LogP contribution < -0.4 is 15.8 Å². The van der Waals surface area contributed by atoms with Crippen LogP contribution in [0.25, 0.3) is 11.3 Å². The Morgan fingerprint density at radius 3 is 2.33 bits per heavy atom. The summed E-state index contributed by atoms with van der Waals surface area (Å²) in [6.07, 6.45) is 0. The molecule has 0 bridgehead atoms. The number of nitrogens with two attached hydrogens (primary N) is 1. The van der Waals surface area contributed by atoms with Gasteiger partial charge in [0.2, 0.25) is 10.0 Å². The van der Waals surface area contributed by atoms with Crippen molar-refractivity contribution in [2.45, 2.75) is 6.92 Å². The number of aromatic amines is 1. The third kappa shape index (κ3) is 4.26. The molecule has 9 heteroatoms. The zero-order valence-corrected chi connectivity index (χ0v) is 15.4. The van der Waals surface area contributed by atoms with Crippen molar-refractivity contribution in [1.82, 2.24) is 10.2 Å². The summed E-state index contributed by atoms with van der Waals surface area (Å²) in [6, 6.07) is 15.9.